The molecule has 0 aliphatic carbocycles. The van der Waals surface area contributed by atoms with Crippen LogP contribution in [-0.2, 0) is 4.79 Å². The highest BCUT2D eigenvalue weighted by molar-refractivity contribution is 5.94. The second-order valence-electron chi connectivity index (χ2n) is 6.45. The smallest absolute Gasteiger partial charge is 0.254 e. The molecule has 1 heterocycles. The minimum absolute atomic E-state index is 0.0159. The van der Waals surface area contributed by atoms with E-state index >= 15 is 0 Å². The highest BCUT2D eigenvalue weighted by atomic mass is 16.5. The van der Waals surface area contributed by atoms with Gasteiger partial charge in [0.2, 0.25) is 5.91 Å². The molecule has 1 fully saturated rings. The number of nitriles is 1. The van der Waals surface area contributed by atoms with Gasteiger partial charge in [-0.05, 0) is 42.5 Å². The first-order valence-corrected chi connectivity index (χ1v) is 9.06. The summed E-state index contributed by atoms with van der Waals surface area (Å²) in [6.45, 7) is 2.18. The molecule has 2 aromatic rings. The highest BCUT2D eigenvalue weighted by Gasteiger charge is 2.24. The first-order valence-electron chi connectivity index (χ1n) is 9.06. The van der Waals surface area contributed by atoms with Crippen LogP contribution in [0.1, 0.15) is 15.9 Å². The fourth-order valence-corrected chi connectivity index (χ4v) is 3.05. The number of methoxy groups -OCH3 is 1. The summed E-state index contributed by atoms with van der Waals surface area (Å²) in [5, 5.41) is 11.9. The van der Waals surface area contributed by atoms with Gasteiger partial charge in [-0.1, -0.05) is 6.07 Å². The SMILES string of the molecule is COc1cccc(C(=O)N2CCN(C(=O)CNc3ccc(C#N)cc3)CC2)c1. The minimum Gasteiger partial charge on any atom is -0.497 e. The molecule has 0 unspecified atom stereocenters. The van der Waals surface area contributed by atoms with Gasteiger partial charge in [0.1, 0.15) is 5.75 Å². The second kappa shape index (κ2) is 8.91. The number of carbonyl (C=O) groups is 2. The number of carbonyl (C=O) groups excluding carboxylic acids is 2. The van der Waals surface area contributed by atoms with Crippen LogP contribution in [0.25, 0.3) is 0 Å². The molecule has 1 saturated heterocycles. The molecule has 28 heavy (non-hydrogen) atoms. The van der Waals surface area contributed by atoms with E-state index < -0.39 is 0 Å². The van der Waals surface area contributed by atoms with Gasteiger partial charge in [-0.2, -0.15) is 5.26 Å². The molecular weight excluding hydrogens is 356 g/mol. The number of nitrogens with zero attached hydrogens (tertiary/aromatic N) is 3. The van der Waals surface area contributed by atoms with E-state index in [0.717, 1.165) is 5.69 Å². The van der Waals surface area contributed by atoms with Crippen molar-refractivity contribution in [1.82, 2.24) is 9.80 Å². The van der Waals surface area contributed by atoms with Crippen molar-refractivity contribution >= 4 is 17.5 Å². The fraction of sp³-hybridized carbons (Fsp3) is 0.286. The van der Waals surface area contributed by atoms with E-state index in [4.69, 9.17) is 10.00 Å². The average Bonchev–Trinajstić information content (AvgIpc) is 2.77. The number of anilines is 1. The molecule has 1 N–H and O–H groups in total. The Labute approximate surface area is 164 Å². The molecule has 7 nitrogen and oxygen atoms in total. The van der Waals surface area contributed by atoms with Crippen molar-refractivity contribution in [2.75, 3.05) is 45.2 Å². The van der Waals surface area contributed by atoms with Gasteiger partial charge < -0.3 is 19.9 Å². The third-order valence-corrected chi connectivity index (χ3v) is 4.69. The summed E-state index contributed by atoms with van der Waals surface area (Å²) < 4.78 is 5.17. The van der Waals surface area contributed by atoms with E-state index in [1.807, 2.05) is 0 Å². The van der Waals surface area contributed by atoms with Gasteiger partial charge >= 0.3 is 0 Å². The molecule has 0 radical (unpaired) electrons. The van der Waals surface area contributed by atoms with Crippen molar-refractivity contribution in [3.63, 3.8) is 0 Å². The molecule has 1 aliphatic rings. The third-order valence-electron chi connectivity index (χ3n) is 4.69. The Morgan fingerprint density at radius 1 is 1.07 bits per heavy atom. The molecule has 7 heteroatoms. The van der Waals surface area contributed by atoms with Crippen LogP contribution in [0.3, 0.4) is 0 Å². The van der Waals surface area contributed by atoms with E-state index in [-0.39, 0.29) is 18.4 Å². The van der Waals surface area contributed by atoms with Crippen molar-refractivity contribution in [2.45, 2.75) is 0 Å². The number of rotatable bonds is 5. The first-order chi connectivity index (χ1) is 13.6. The van der Waals surface area contributed by atoms with Crippen LogP contribution >= 0.6 is 0 Å². The van der Waals surface area contributed by atoms with E-state index in [1.165, 1.54) is 0 Å². The predicted molar refractivity (Wildman–Crippen MR) is 105 cm³/mol. The molecule has 2 aromatic carbocycles. The zero-order chi connectivity index (χ0) is 19.9. The maximum atomic E-state index is 12.6. The Morgan fingerprint density at radius 2 is 1.75 bits per heavy atom. The maximum absolute atomic E-state index is 12.6. The van der Waals surface area contributed by atoms with Gasteiger partial charge in [0, 0.05) is 37.4 Å². The van der Waals surface area contributed by atoms with Crippen LogP contribution < -0.4 is 10.1 Å². The average molecular weight is 378 g/mol. The first kappa shape index (κ1) is 19.2. The lowest BCUT2D eigenvalue weighted by molar-refractivity contribution is -0.130. The number of nitrogens with one attached hydrogen (secondary N) is 1. The van der Waals surface area contributed by atoms with E-state index in [0.29, 0.717) is 43.1 Å². The number of ether oxygens (including phenoxy) is 1. The monoisotopic (exact) mass is 378 g/mol. The van der Waals surface area contributed by atoms with Gasteiger partial charge in [0.15, 0.2) is 0 Å². The highest BCUT2D eigenvalue weighted by Crippen LogP contribution is 2.16. The lowest BCUT2D eigenvalue weighted by Crippen LogP contribution is -2.51. The fourth-order valence-electron chi connectivity index (χ4n) is 3.05. The molecule has 0 atom stereocenters. The molecule has 2 amide bonds. The largest absolute Gasteiger partial charge is 0.497 e. The lowest BCUT2D eigenvalue weighted by atomic mass is 10.1. The second-order valence-corrected chi connectivity index (χ2v) is 6.45. The van der Waals surface area contributed by atoms with Crippen LogP contribution in [-0.4, -0.2) is 61.4 Å². The number of amides is 2. The van der Waals surface area contributed by atoms with Gasteiger partial charge in [-0.3, -0.25) is 9.59 Å². The van der Waals surface area contributed by atoms with Gasteiger partial charge in [0.25, 0.3) is 5.91 Å². The van der Waals surface area contributed by atoms with E-state index in [9.17, 15) is 9.59 Å². The molecule has 1 aliphatic heterocycles. The normalized spacial score (nSPS) is 13.6. The van der Waals surface area contributed by atoms with Crippen LogP contribution in [0.5, 0.6) is 5.75 Å². The molecular formula is C21H22N4O3. The summed E-state index contributed by atoms with van der Waals surface area (Å²) in [6.07, 6.45) is 0. The molecule has 0 spiro atoms. The molecule has 144 valence electrons. The lowest BCUT2D eigenvalue weighted by Gasteiger charge is -2.35. The molecule has 0 aromatic heterocycles. The quantitative estimate of drug-likeness (QED) is 0.860. The Kier molecular flexibility index (Phi) is 6.12. The summed E-state index contributed by atoms with van der Waals surface area (Å²) in [6, 6.07) is 16.1. The van der Waals surface area contributed by atoms with Crippen LogP contribution in [0.15, 0.2) is 48.5 Å². The summed E-state index contributed by atoms with van der Waals surface area (Å²) in [5.41, 5.74) is 1.95. The van der Waals surface area contributed by atoms with Crippen LogP contribution in [0.4, 0.5) is 5.69 Å². The predicted octanol–water partition coefficient (Wildman–Crippen LogP) is 1.96. The van der Waals surface area contributed by atoms with E-state index in [2.05, 4.69) is 11.4 Å². The summed E-state index contributed by atoms with van der Waals surface area (Å²) in [4.78, 5) is 28.6. The molecule has 0 saturated carbocycles. The number of piperazine rings is 1. The zero-order valence-electron chi connectivity index (χ0n) is 15.7. The van der Waals surface area contributed by atoms with Gasteiger partial charge in [0.05, 0.1) is 25.3 Å². The summed E-state index contributed by atoms with van der Waals surface area (Å²) in [7, 11) is 1.57. The number of hydrogen-bond acceptors (Lipinski definition) is 5. The third kappa shape index (κ3) is 4.60. The number of benzene rings is 2. The molecule has 0 bridgehead atoms. The standard InChI is InChI=1S/C21H22N4O3/c1-28-19-4-2-3-17(13-19)21(27)25-11-9-24(10-12-25)20(26)15-23-18-7-5-16(14-22)6-8-18/h2-8,13,23H,9-12,15H2,1H3. The number of hydrogen-bond donors (Lipinski definition) is 1. The van der Waals surface area contributed by atoms with Crippen LogP contribution in [0, 0.1) is 11.3 Å². The Bertz CT molecular complexity index is 881. The summed E-state index contributed by atoms with van der Waals surface area (Å²) >= 11 is 0. The van der Waals surface area contributed by atoms with Crippen molar-refractivity contribution in [2.24, 2.45) is 0 Å². The summed E-state index contributed by atoms with van der Waals surface area (Å²) in [5.74, 6) is 0.577. The topological polar surface area (TPSA) is 85.7 Å². The van der Waals surface area contributed by atoms with Crippen molar-refractivity contribution in [3.05, 3.63) is 59.7 Å². The van der Waals surface area contributed by atoms with Crippen molar-refractivity contribution in [3.8, 4) is 11.8 Å². The van der Waals surface area contributed by atoms with Crippen molar-refractivity contribution in [1.29, 1.82) is 5.26 Å². The minimum atomic E-state index is -0.0540. The Morgan fingerprint density at radius 3 is 2.39 bits per heavy atom. The van der Waals surface area contributed by atoms with Gasteiger partial charge in [-0.25, -0.2) is 0 Å². The van der Waals surface area contributed by atoms with Gasteiger partial charge in [-0.15, -0.1) is 0 Å². The van der Waals surface area contributed by atoms with Crippen molar-refractivity contribution < 1.29 is 14.3 Å². The zero-order valence-corrected chi connectivity index (χ0v) is 15.7. The Balaban J connectivity index is 1.49. The maximum Gasteiger partial charge on any atom is 0.254 e. The molecule has 3 rings (SSSR count). The Hall–Kier alpha value is -3.53. The van der Waals surface area contributed by atoms with E-state index in [1.54, 1.807) is 65.4 Å². The van der Waals surface area contributed by atoms with Crippen LogP contribution in [0.2, 0.25) is 0 Å².